The molecule has 1 saturated heterocycles. The van der Waals surface area contributed by atoms with Crippen molar-refractivity contribution in [2.45, 2.75) is 18.9 Å². The summed E-state index contributed by atoms with van der Waals surface area (Å²) in [6, 6.07) is 0.197. The minimum absolute atomic E-state index is 0.197. The van der Waals surface area contributed by atoms with E-state index in [-0.39, 0.29) is 6.04 Å². The first-order valence-electron chi connectivity index (χ1n) is 3.45. The quantitative estimate of drug-likeness (QED) is 0.577. The molecule has 0 bridgehead atoms. The second-order valence-corrected chi connectivity index (χ2v) is 2.50. The lowest BCUT2D eigenvalue weighted by Crippen LogP contribution is -2.51. The maximum absolute atomic E-state index is 10.4. The molecule has 4 nitrogen and oxygen atoms in total. The minimum atomic E-state index is -0.815. The van der Waals surface area contributed by atoms with Gasteiger partial charge in [0.25, 0.3) is 0 Å². The standard InChI is InChI=1S/C6H12N2O2/c7-3-1-5-2-4-8(5)6(9)10/h5H,1-4,7H2,(H,9,10). The number of carboxylic acid groups (broad SMARTS) is 1. The van der Waals surface area contributed by atoms with Crippen LogP contribution in [0.2, 0.25) is 0 Å². The highest BCUT2D eigenvalue weighted by atomic mass is 16.4. The van der Waals surface area contributed by atoms with Gasteiger partial charge in [-0.15, -0.1) is 0 Å². The zero-order valence-electron chi connectivity index (χ0n) is 5.79. The van der Waals surface area contributed by atoms with Gasteiger partial charge in [-0.25, -0.2) is 4.79 Å². The molecular weight excluding hydrogens is 132 g/mol. The largest absolute Gasteiger partial charge is 0.465 e. The lowest BCUT2D eigenvalue weighted by Gasteiger charge is -2.38. The maximum atomic E-state index is 10.4. The molecule has 1 aliphatic heterocycles. The molecule has 1 atom stereocenters. The molecule has 3 N–H and O–H groups in total. The van der Waals surface area contributed by atoms with Crippen molar-refractivity contribution in [3.05, 3.63) is 0 Å². The highest BCUT2D eigenvalue weighted by Crippen LogP contribution is 2.19. The van der Waals surface area contributed by atoms with Crippen LogP contribution in [0.15, 0.2) is 0 Å². The molecule has 1 rings (SSSR count). The van der Waals surface area contributed by atoms with Crippen LogP contribution in [0.5, 0.6) is 0 Å². The van der Waals surface area contributed by atoms with Gasteiger partial charge in [0.2, 0.25) is 0 Å². The number of amides is 1. The highest BCUT2D eigenvalue weighted by Gasteiger charge is 2.30. The third-order valence-corrected chi connectivity index (χ3v) is 1.89. The van der Waals surface area contributed by atoms with Gasteiger partial charge in [-0.1, -0.05) is 0 Å². The van der Waals surface area contributed by atoms with E-state index < -0.39 is 6.09 Å². The zero-order chi connectivity index (χ0) is 7.56. The summed E-state index contributed by atoms with van der Waals surface area (Å²) in [5.41, 5.74) is 5.28. The van der Waals surface area contributed by atoms with Crippen LogP contribution >= 0.6 is 0 Å². The van der Waals surface area contributed by atoms with Crippen LogP contribution in [0.1, 0.15) is 12.8 Å². The van der Waals surface area contributed by atoms with Crippen LogP contribution in [0, 0.1) is 0 Å². The number of carbonyl (C=O) groups is 1. The van der Waals surface area contributed by atoms with E-state index in [0.29, 0.717) is 13.1 Å². The minimum Gasteiger partial charge on any atom is -0.465 e. The Labute approximate surface area is 59.6 Å². The van der Waals surface area contributed by atoms with Crippen molar-refractivity contribution in [1.82, 2.24) is 4.90 Å². The molecule has 58 valence electrons. The Morgan fingerprint density at radius 2 is 2.50 bits per heavy atom. The van der Waals surface area contributed by atoms with E-state index in [0.717, 1.165) is 12.8 Å². The van der Waals surface area contributed by atoms with Gasteiger partial charge in [-0.05, 0) is 19.4 Å². The normalized spacial score (nSPS) is 24.1. The van der Waals surface area contributed by atoms with Crippen LogP contribution in [0.3, 0.4) is 0 Å². The van der Waals surface area contributed by atoms with E-state index in [4.69, 9.17) is 10.8 Å². The first-order valence-corrected chi connectivity index (χ1v) is 3.45. The summed E-state index contributed by atoms with van der Waals surface area (Å²) in [6.45, 7) is 1.26. The van der Waals surface area contributed by atoms with Gasteiger partial charge in [-0.3, -0.25) is 0 Å². The molecule has 1 fully saturated rings. The first-order chi connectivity index (χ1) is 4.75. The molecule has 0 radical (unpaired) electrons. The monoisotopic (exact) mass is 144 g/mol. The molecule has 0 spiro atoms. The lowest BCUT2D eigenvalue weighted by atomic mass is 10.0. The second-order valence-electron chi connectivity index (χ2n) is 2.50. The molecule has 0 aromatic rings. The van der Waals surface area contributed by atoms with Gasteiger partial charge in [0.05, 0.1) is 0 Å². The van der Waals surface area contributed by atoms with Gasteiger partial charge in [-0.2, -0.15) is 0 Å². The van der Waals surface area contributed by atoms with Crippen LogP contribution in [-0.4, -0.2) is 35.2 Å². The van der Waals surface area contributed by atoms with Crippen molar-refractivity contribution in [3.8, 4) is 0 Å². The molecule has 0 aliphatic carbocycles. The molecule has 1 amide bonds. The maximum Gasteiger partial charge on any atom is 0.407 e. The summed E-state index contributed by atoms with van der Waals surface area (Å²) in [5.74, 6) is 0. The number of nitrogens with zero attached hydrogens (tertiary/aromatic N) is 1. The number of rotatable bonds is 2. The fourth-order valence-electron chi connectivity index (χ4n) is 1.19. The van der Waals surface area contributed by atoms with E-state index in [2.05, 4.69) is 0 Å². The fraction of sp³-hybridized carbons (Fsp3) is 0.833. The molecule has 0 aromatic carbocycles. The summed E-state index contributed by atoms with van der Waals surface area (Å²) in [6.07, 6.45) is 0.959. The topological polar surface area (TPSA) is 66.6 Å². The molecule has 10 heavy (non-hydrogen) atoms. The SMILES string of the molecule is NCCC1CCN1C(=O)O. The molecule has 1 unspecified atom stereocenters. The number of hydrogen-bond acceptors (Lipinski definition) is 2. The van der Waals surface area contributed by atoms with Crippen molar-refractivity contribution in [2.75, 3.05) is 13.1 Å². The first kappa shape index (κ1) is 7.34. The Bertz CT molecular complexity index is 138. The van der Waals surface area contributed by atoms with Crippen LogP contribution in [0.4, 0.5) is 4.79 Å². The third kappa shape index (κ3) is 1.21. The Morgan fingerprint density at radius 1 is 1.80 bits per heavy atom. The Hall–Kier alpha value is -0.770. The van der Waals surface area contributed by atoms with Gasteiger partial charge in [0.1, 0.15) is 0 Å². The lowest BCUT2D eigenvalue weighted by molar-refractivity contribution is 0.0728. The van der Waals surface area contributed by atoms with Crippen molar-refractivity contribution in [3.63, 3.8) is 0 Å². The average Bonchev–Trinajstić information content (AvgIpc) is 1.78. The highest BCUT2D eigenvalue weighted by molar-refractivity contribution is 5.66. The molecule has 4 heteroatoms. The van der Waals surface area contributed by atoms with Crippen LogP contribution in [-0.2, 0) is 0 Å². The van der Waals surface area contributed by atoms with E-state index in [1.807, 2.05) is 0 Å². The molecule has 0 aromatic heterocycles. The van der Waals surface area contributed by atoms with Gasteiger partial charge < -0.3 is 15.7 Å². The van der Waals surface area contributed by atoms with Crippen molar-refractivity contribution >= 4 is 6.09 Å². The van der Waals surface area contributed by atoms with E-state index in [9.17, 15) is 4.79 Å². The summed E-state index contributed by atoms with van der Waals surface area (Å²) < 4.78 is 0. The van der Waals surface area contributed by atoms with Crippen molar-refractivity contribution in [1.29, 1.82) is 0 Å². The van der Waals surface area contributed by atoms with Gasteiger partial charge >= 0.3 is 6.09 Å². The average molecular weight is 144 g/mol. The summed E-state index contributed by atoms with van der Waals surface area (Å²) >= 11 is 0. The zero-order valence-corrected chi connectivity index (χ0v) is 5.79. The third-order valence-electron chi connectivity index (χ3n) is 1.89. The number of nitrogens with two attached hydrogens (primary N) is 1. The summed E-state index contributed by atoms with van der Waals surface area (Å²) in [7, 11) is 0. The smallest absolute Gasteiger partial charge is 0.407 e. The van der Waals surface area contributed by atoms with Crippen LogP contribution in [0.25, 0.3) is 0 Å². The van der Waals surface area contributed by atoms with E-state index >= 15 is 0 Å². The molecular formula is C6H12N2O2. The van der Waals surface area contributed by atoms with Gasteiger partial charge in [0.15, 0.2) is 0 Å². The summed E-state index contributed by atoms with van der Waals surface area (Å²) in [4.78, 5) is 11.8. The van der Waals surface area contributed by atoms with E-state index in [1.54, 1.807) is 0 Å². The molecule has 1 aliphatic rings. The van der Waals surface area contributed by atoms with Crippen LogP contribution < -0.4 is 5.73 Å². The second kappa shape index (κ2) is 2.88. The Morgan fingerprint density at radius 3 is 2.80 bits per heavy atom. The summed E-state index contributed by atoms with van der Waals surface area (Å²) in [5, 5.41) is 8.52. The molecule has 1 heterocycles. The number of hydrogen-bond donors (Lipinski definition) is 2. The van der Waals surface area contributed by atoms with Crippen molar-refractivity contribution < 1.29 is 9.90 Å². The Kier molecular flexibility index (Phi) is 2.11. The number of likely N-dealkylation sites (tertiary alicyclic amines) is 1. The predicted molar refractivity (Wildman–Crippen MR) is 36.8 cm³/mol. The van der Waals surface area contributed by atoms with Crippen molar-refractivity contribution in [2.24, 2.45) is 5.73 Å². The van der Waals surface area contributed by atoms with Gasteiger partial charge in [0, 0.05) is 12.6 Å². The Balaban J connectivity index is 2.28. The fourth-order valence-corrected chi connectivity index (χ4v) is 1.19. The van der Waals surface area contributed by atoms with E-state index in [1.165, 1.54) is 4.90 Å². The molecule has 0 saturated carbocycles. The predicted octanol–water partition coefficient (Wildman–Crippen LogP) is 0.0875.